The molecule has 4 rings (SSSR count). The van der Waals surface area contributed by atoms with Gasteiger partial charge in [0.05, 0.1) is 27.0 Å². The van der Waals surface area contributed by atoms with Crippen molar-refractivity contribution in [1.82, 2.24) is 9.78 Å². The number of nitrogens with one attached hydrogen (secondary N) is 1. The van der Waals surface area contributed by atoms with Crippen molar-refractivity contribution in [1.29, 1.82) is 0 Å². The third-order valence-electron chi connectivity index (χ3n) is 4.93. The van der Waals surface area contributed by atoms with Crippen LogP contribution in [0.5, 0.6) is 17.2 Å². The second kappa shape index (κ2) is 9.62. The number of carbonyl (C=O) groups is 1. The summed E-state index contributed by atoms with van der Waals surface area (Å²) in [5.41, 5.74) is 2.63. The minimum Gasteiger partial charge on any atom is -0.493 e. The minimum absolute atomic E-state index is 0.276. The first-order chi connectivity index (χ1) is 15.6. The number of carbonyl (C=O) groups excluding carboxylic acids is 1. The van der Waals surface area contributed by atoms with E-state index in [1.807, 2.05) is 36.4 Å². The molecule has 2 aromatic carbocycles. The molecule has 164 valence electrons. The summed E-state index contributed by atoms with van der Waals surface area (Å²) in [6.45, 7) is 0.787. The van der Waals surface area contributed by atoms with Gasteiger partial charge in [-0.2, -0.15) is 5.10 Å². The van der Waals surface area contributed by atoms with E-state index >= 15 is 0 Å². The molecule has 0 spiro atoms. The topological polar surface area (TPSA) is 74.6 Å². The quantitative estimate of drug-likeness (QED) is 0.532. The smallest absolute Gasteiger partial charge is 0.249 e. The zero-order valence-electron chi connectivity index (χ0n) is 17.7. The van der Waals surface area contributed by atoms with Crippen LogP contribution in [0.2, 0.25) is 5.02 Å². The Kier molecular flexibility index (Phi) is 6.47. The van der Waals surface area contributed by atoms with Gasteiger partial charge in [0, 0.05) is 28.3 Å². The number of aromatic nitrogens is 2. The number of benzene rings is 2. The number of amides is 1. The van der Waals surface area contributed by atoms with E-state index in [9.17, 15) is 4.79 Å². The number of methoxy groups -OCH3 is 2. The molecule has 1 N–H and O–H groups in total. The van der Waals surface area contributed by atoms with E-state index in [2.05, 4.69) is 10.4 Å². The molecule has 1 aromatic heterocycles. The third-order valence-corrected chi connectivity index (χ3v) is 5.16. The van der Waals surface area contributed by atoms with Crippen LogP contribution in [0.1, 0.15) is 11.1 Å². The average Bonchev–Trinajstić information content (AvgIpc) is 3.23. The van der Waals surface area contributed by atoms with E-state index in [-0.39, 0.29) is 5.91 Å². The van der Waals surface area contributed by atoms with Crippen LogP contribution in [0, 0.1) is 0 Å². The lowest BCUT2D eigenvalue weighted by Crippen LogP contribution is -2.14. The molecule has 7 nitrogen and oxygen atoms in total. The van der Waals surface area contributed by atoms with Crippen molar-refractivity contribution in [2.24, 2.45) is 0 Å². The fraction of sp³-hybridized carbons (Fsp3) is 0.167. The van der Waals surface area contributed by atoms with Gasteiger partial charge in [-0.15, -0.1) is 0 Å². The summed E-state index contributed by atoms with van der Waals surface area (Å²) in [6.07, 6.45) is 6.77. The molecule has 0 unspecified atom stereocenters. The van der Waals surface area contributed by atoms with E-state index in [0.29, 0.717) is 35.5 Å². The van der Waals surface area contributed by atoms with Gasteiger partial charge in [0.1, 0.15) is 18.2 Å². The highest BCUT2D eigenvalue weighted by Gasteiger charge is 2.13. The molecule has 0 radical (unpaired) electrons. The van der Waals surface area contributed by atoms with Crippen LogP contribution in [0.15, 0.2) is 66.4 Å². The Morgan fingerprint density at radius 2 is 2.12 bits per heavy atom. The first-order valence-electron chi connectivity index (χ1n) is 9.91. The molecular weight excluding hydrogens is 430 g/mol. The van der Waals surface area contributed by atoms with Crippen LogP contribution in [-0.4, -0.2) is 36.5 Å². The number of nitrogens with zero attached hydrogens (tertiary/aromatic N) is 2. The second-order valence-corrected chi connectivity index (χ2v) is 7.48. The van der Waals surface area contributed by atoms with Gasteiger partial charge in [-0.05, 0) is 35.9 Å². The maximum absolute atomic E-state index is 12.5. The van der Waals surface area contributed by atoms with Crippen molar-refractivity contribution in [3.05, 3.63) is 82.5 Å². The Bertz CT molecular complexity index is 1200. The summed E-state index contributed by atoms with van der Waals surface area (Å²) in [5, 5.41) is 7.81. The number of para-hydroxylation sites is 1. The first-order valence-corrected chi connectivity index (χ1v) is 10.3. The van der Waals surface area contributed by atoms with Crippen LogP contribution < -0.4 is 19.5 Å². The van der Waals surface area contributed by atoms with E-state index in [1.165, 1.54) is 6.08 Å². The molecule has 32 heavy (non-hydrogen) atoms. The summed E-state index contributed by atoms with van der Waals surface area (Å²) >= 11 is 6.05. The summed E-state index contributed by atoms with van der Waals surface area (Å²) in [4.78, 5) is 12.5. The molecular formula is C24H22ClN3O4. The van der Waals surface area contributed by atoms with Crippen LogP contribution >= 0.6 is 11.6 Å². The number of fused-ring (bicyclic) bond motifs is 1. The molecule has 0 saturated heterocycles. The van der Waals surface area contributed by atoms with Gasteiger partial charge in [0.2, 0.25) is 5.91 Å². The van der Waals surface area contributed by atoms with Crippen molar-refractivity contribution in [2.75, 3.05) is 26.1 Å². The number of halogens is 1. The number of anilines is 1. The van der Waals surface area contributed by atoms with Gasteiger partial charge in [-0.25, -0.2) is 4.68 Å². The van der Waals surface area contributed by atoms with E-state index < -0.39 is 0 Å². The Hall–Kier alpha value is -3.71. The third kappa shape index (κ3) is 4.78. The van der Waals surface area contributed by atoms with Gasteiger partial charge in [-0.1, -0.05) is 29.8 Å². The molecule has 8 heteroatoms. The molecule has 1 aliphatic rings. The highest BCUT2D eigenvalue weighted by atomic mass is 35.5. The predicted octanol–water partition coefficient (Wildman–Crippen LogP) is 4.57. The lowest BCUT2D eigenvalue weighted by atomic mass is 10.1. The molecule has 0 fully saturated rings. The van der Waals surface area contributed by atoms with Crippen molar-refractivity contribution >= 4 is 29.4 Å². The van der Waals surface area contributed by atoms with Crippen molar-refractivity contribution in [3.63, 3.8) is 0 Å². The number of rotatable bonds is 7. The molecule has 3 aromatic rings. The molecule has 0 aliphatic carbocycles. The van der Waals surface area contributed by atoms with E-state index in [1.54, 1.807) is 43.3 Å². The highest BCUT2D eigenvalue weighted by molar-refractivity contribution is 6.30. The summed E-state index contributed by atoms with van der Waals surface area (Å²) in [5.74, 6) is 2.33. The second-order valence-electron chi connectivity index (χ2n) is 7.04. The average molecular weight is 452 g/mol. The lowest BCUT2D eigenvalue weighted by molar-refractivity contribution is -0.112. The van der Waals surface area contributed by atoms with Crippen molar-refractivity contribution in [2.45, 2.75) is 6.54 Å². The van der Waals surface area contributed by atoms with Crippen LogP contribution in [-0.2, 0) is 11.3 Å². The van der Waals surface area contributed by atoms with E-state index in [0.717, 1.165) is 22.4 Å². The number of ether oxygens (including phenoxy) is 3. The standard InChI is InChI=1S/C24H22ClN3O4/c1-30-21-5-3-4-17(24(21)31-2)14-28-22(10-11-26-28)27-23(29)9-6-16-12-18-13-19(25)7-8-20(18)32-15-16/h3-13H,14-15H2,1-2H3,(H,27,29)/b9-6+. The Morgan fingerprint density at radius 1 is 1.25 bits per heavy atom. The molecule has 1 aliphatic heterocycles. The zero-order valence-corrected chi connectivity index (χ0v) is 18.4. The van der Waals surface area contributed by atoms with Crippen LogP contribution in [0.25, 0.3) is 6.08 Å². The van der Waals surface area contributed by atoms with Crippen LogP contribution in [0.4, 0.5) is 5.82 Å². The first kappa shape index (κ1) is 21.5. The molecule has 0 bridgehead atoms. The summed E-state index contributed by atoms with van der Waals surface area (Å²) < 4.78 is 18.2. The largest absolute Gasteiger partial charge is 0.493 e. The lowest BCUT2D eigenvalue weighted by Gasteiger charge is -2.16. The van der Waals surface area contributed by atoms with Crippen LogP contribution in [0.3, 0.4) is 0 Å². The minimum atomic E-state index is -0.276. The molecule has 0 atom stereocenters. The van der Waals surface area contributed by atoms with Crippen molar-refractivity contribution < 1.29 is 19.0 Å². The summed E-state index contributed by atoms with van der Waals surface area (Å²) in [7, 11) is 3.18. The van der Waals surface area contributed by atoms with Gasteiger partial charge >= 0.3 is 0 Å². The number of hydrogen-bond donors (Lipinski definition) is 1. The zero-order chi connectivity index (χ0) is 22.5. The fourth-order valence-electron chi connectivity index (χ4n) is 3.42. The maximum Gasteiger partial charge on any atom is 0.249 e. The van der Waals surface area contributed by atoms with Crippen molar-refractivity contribution in [3.8, 4) is 17.2 Å². The normalized spacial score (nSPS) is 12.7. The van der Waals surface area contributed by atoms with Gasteiger partial charge in [0.25, 0.3) is 0 Å². The molecule has 1 amide bonds. The molecule has 0 saturated carbocycles. The SMILES string of the molecule is COc1cccc(Cn2nccc2NC(=O)/C=C/C2=Cc3cc(Cl)ccc3OC2)c1OC. The molecule has 2 heterocycles. The Balaban J connectivity index is 1.45. The monoisotopic (exact) mass is 451 g/mol. The highest BCUT2D eigenvalue weighted by Crippen LogP contribution is 2.32. The van der Waals surface area contributed by atoms with Gasteiger partial charge < -0.3 is 19.5 Å². The number of hydrogen-bond acceptors (Lipinski definition) is 5. The van der Waals surface area contributed by atoms with Gasteiger partial charge in [-0.3, -0.25) is 4.79 Å². The summed E-state index contributed by atoms with van der Waals surface area (Å²) in [6, 6.07) is 12.8. The fourth-order valence-corrected chi connectivity index (χ4v) is 3.60. The van der Waals surface area contributed by atoms with Gasteiger partial charge in [0.15, 0.2) is 11.5 Å². The predicted molar refractivity (Wildman–Crippen MR) is 124 cm³/mol. The Labute approximate surface area is 190 Å². The maximum atomic E-state index is 12.5. The Morgan fingerprint density at radius 3 is 2.94 bits per heavy atom. The van der Waals surface area contributed by atoms with E-state index in [4.69, 9.17) is 25.8 Å².